The van der Waals surface area contributed by atoms with Crippen LogP contribution in [0.25, 0.3) is 0 Å². The van der Waals surface area contributed by atoms with E-state index in [1.165, 1.54) is 35.8 Å². The van der Waals surface area contributed by atoms with Crippen molar-refractivity contribution in [3.63, 3.8) is 0 Å². The van der Waals surface area contributed by atoms with E-state index >= 15 is 0 Å². The van der Waals surface area contributed by atoms with Crippen LogP contribution in [0.4, 0.5) is 11.4 Å². The van der Waals surface area contributed by atoms with Gasteiger partial charge < -0.3 is 0 Å². The second kappa shape index (κ2) is 6.55. The monoisotopic (exact) mass is 384 g/mol. The molecule has 0 radical (unpaired) electrons. The number of hydrogen-bond donors (Lipinski definition) is 0. The first-order chi connectivity index (χ1) is 12.8. The summed E-state index contributed by atoms with van der Waals surface area (Å²) in [6, 6.07) is 13.0. The van der Waals surface area contributed by atoms with Gasteiger partial charge in [0.2, 0.25) is 0 Å². The molecule has 4 nitrogen and oxygen atoms in total. The summed E-state index contributed by atoms with van der Waals surface area (Å²) in [5.41, 5.74) is 7.08. The molecule has 1 atom stereocenters. The van der Waals surface area contributed by atoms with Gasteiger partial charge in [-0.2, -0.15) is 0 Å². The van der Waals surface area contributed by atoms with Crippen molar-refractivity contribution < 1.29 is 8.42 Å². The molecule has 1 aliphatic heterocycles. The van der Waals surface area contributed by atoms with E-state index in [0.717, 1.165) is 23.5 Å². The molecule has 0 spiro atoms. The van der Waals surface area contributed by atoms with Crippen molar-refractivity contribution in [2.45, 2.75) is 50.8 Å². The van der Waals surface area contributed by atoms with E-state index in [0.29, 0.717) is 12.3 Å². The van der Waals surface area contributed by atoms with Crippen molar-refractivity contribution in [1.29, 1.82) is 0 Å². The molecule has 0 saturated heterocycles. The van der Waals surface area contributed by atoms with Crippen molar-refractivity contribution in [2.24, 2.45) is 0 Å². The highest BCUT2D eigenvalue weighted by molar-refractivity contribution is 7.90. The van der Waals surface area contributed by atoms with Gasteiger partial charge in [0.05, 0.1) is 23.2 Å². The third-order valence-corrected chi connectivity index (χ3v) is 7.52. The molecule has 1 heterocycles. The Morgan fingerprint density at radius 1 is 1.15 bits per heavy atom. The molecule has 27 heavy (non-hydrogen) atoms. The van der Waals surface area contributed by atoms with Gasteiger partial charge in [0.1, 0.15) is 0 Å². The summed E-state index contributed by atoms with van der Waals surface area (Å²) in [5, 5.41) is 4.00. The number of sulfone groups is 1. The fourth-order valence-electron chi connectivity index (χ4n) is 4.26. The van der Waals surface area contributed by atoms with Gasteiger partial charge in [0.15, 0.2) is 9.84 Å². The van der Waals surface area contributed by atoms with E-state index in [1.807, 2.05) is 6.92 Å². The van der Waals surface area contributed by atoms with Crippen LogP contribution < -0.4 is 10.0 Å². The van der Waals surface area contributed by atoms with Crippen LogP contribution in [0, 0.1) is 6.92 Å². The standard InChI is InChI=1S/C22H28N2O2S/c1-5-22(27(4,25)26)20-13-21-17(12-19(20)16-8-9-16)14-24(23(21)3)18-10-6-15(2)7-11-18/h6-7,10-13,16,22H,5,8-9,14H2,1-4H3. The van der Waals surface area contributed by atoms with Crippen molar-refractivity contribution in [3.8, 4) is 0 Å². The van der Waals surface area contributed by atoms with Gasteiger partial charge >= 0.3 is 0 Å². The fourth-order valence-corrected chi connectivity index (χ4v) is 5.53. The van der Waals surface area contributed by atoms with Crippen molar-refractivity contribution in [3.05, 3.63) is 58.7 Å². The van der Waals surface area contributed by atoms with Gasteiger partial charge in [-0.3, -0.25) is 10.0 Å². The van der Waals surface area contributed by atoms with E-state index in [9.17, 15) is 8.42 Å². The Morgan fingerprint density at radius 2 is 1.81 bits per heavy atom. The molecule has 0 aromatic heterocycles. The van der Waals surface area contributed by atoms with Crippen LogP contribution in [0.15, 0.2) is 36.4 Å². The Balaban J connectivity index is 1.78. The number of fused-ring (bicyclic) bond motifs is 1. The molecule has 1 aliphatic carbocycles. The largest absolute Gasteiger partial charge is 0.288 e. The Bertz CT molecular complexity index is 963. The molecular weight excluding hydrogens is 356 g/mol. The molecule has 144 valence electrons. The van der Waals surface area contributed by atoms with Gasteiger partial charge in [-0.25, -0.2) is 8.42 Å². The maximum absolute atomic E-state index is 12.4. The lowest BCUT2D eigenvalue weighted by Gasteiger charge is -2.29. The number of aryl methyl sites for hydroxylation is 1. The van der Waals surface area contributed by atoms with Crippen LogP contribution in [-0.2, 0) is 16.4 Å². The molecule has 2 aromatic rings. The quantitative estimate of drug-likeness (QED) is 0.747. The minimum absolute atomic E-state index is 0.416. The number of anilines is 2. The lowest BCUT2D eigenvalue weighted by Crippen LogP contribution is -2.34. The summed E-state index contributed by atoms with van der Waals surface area (Å²) in [6.07, 6.45) is 4.32. The Kier molecular flexibility index (Phi) is 4.46. The Morgan fingerprint density at radius 3 is 2.37 bits per heavy atom. The van der Waals surface area contributed by atoms with Crippen molar-refractivity contribution in [2.75, 3.05) is 23.3 Å². The molecule has 2 aliphatic rings. The minimum atomic E-state index is -3.13. The van der Waals surface area contributed by atoms with E-state index in [2.05, 4.69) is 60.4 Å². The van der Waals surface area contributed by atoms with Crippen molar-refractivity contribution >= 4 is 21.2 Å². The Hall–Kier alpha value is -2.01. The highest BCUT2D eigenvalue weighted by Gasteiger charge is 2.35. The zero-order valence-electron chi connectivity index (χ0n) is 16.6. The fraction of sp³-hybridized carbons (Fsp3) is 0.455. The van der Waals surface area contributed by atoms with Gasteiger partial charge in [0, 0.05) is 13.3 Å². The third kappa shape index (κ3) is 3.33. The predicted molar refractivity (Wildman–Crippen MR) is 112 cm³/mol. The number of nitrogens with zero attached hydrogens (tertiary/aromatic N) is 2. The molecular formula is C22H28N2O2S. The van der Waals surface area contributed by atoms with Crippen LogP contribution in [0.3, 0.4) is 0 Å². The van der Waals surface area contributed by atoms with E-state index in [-0.39, 0.29) is 0 Å². The van der Waals surface area contributed by atoms with Crippen LogP contribution >= 0.6 is 0 Å². The first-order valence-electron chi connectivity index (χ1n) is 9.73. The molecule has 0 N–H and O–H groups in total. The molecule has 5 heteroatoms. The van der Waals surface area contributed by atoms with Crippen LogP contribution in [-0.4, -0.2) is 21.7 Å². The summed E-state index contributed by atoms with van der Waals surface area (Å²) in [4.78, 5) is 0. The van der Waals surface area contributed by atoms with E-state index in [4.69, 9.17) is 0 Å². The number of rotatable bonds is 5. The average Bonchev–Trinajstić information content (AvgIpc) is 3.40. The summed E-state index contributed by atoms with van der Waals surface area (Å²) < 4.78 is 24.9. The topological polar surface area (TPSA) is 40.6 Å². The second-order valence-electron chi connectivity index (χ2n) is 8.03. The van der Waals surface area contributed by atoms with Gasteiger partial charge in [0.25, 0.3) is 0 Å². The van der Waals surface area contributed by atoms with Gasteiger partial charge in [-0.15, -0.1) is 0 Å². The SMILES string of the molecule is CCC(c1cc2c(cc1C1CC1)CN(c1ccc(C)cc1)N2C)S(C)(=O)=O. The van der Waals surface area contributed by atoms with Crippen LogP contribution in [0.5, 0.6) is 0 Å². The minimum Gasteiger partial charge on any atom is -0.288 e. The maximum Gasteiger partial charge on any atom is 0.154 e. The van der Waals surface area contributed by atoms with Gasteiger partial charge in [-0.05, 0) is 67.0 Å². The molecule has 0 amide bonds. The third-order valence-electron chi connectivity index (χ3n) is 5.90. The molecule has 0 bridgehead atoms. The average molecular weight is 385 g/mol. The van der Waals surface area contributed by atoms with Crippen molar-refractivity contribution in [1.82, 2.24) is 0 Å². The maximum atomic E-state index is 12.4. The number of benzene rings is 2. The van der Waals surface area contributed by atoms with E-state index in [1.54, 1.807) is 0 Å². The molecule has 1 unspecified atom stereocenters. The number of hydrazine groups is 1. The second-order valence-corrected chi connectivity index (χ2v) is 10.3. The highest BCUT2D eigenvalue weighted by atomic mass is 32.2. The summed E-state index contributed by atoms with van der Waals surface area (Å²) in [5.74, 6) is 0.528. The van der Waals surface area contributed by atoms with Crippen LogP contribution in [0.2, 0.25) is 0 Å². The highest BCUT2D eigenvalue weighted by Crippen LogP contribution is 2.48. The molecule has 2 aromatic carbocycles. The Labute approximate surface area is 162 Å². The summed E-state index contributed by atoms with van der Waals surface area (Å²) >= 11 is 0. The van der Waals surface area contributed by atoms with Crippen LogP contribution in [0.1, 0.15) is 59.6 Å². The first-order valence-corrected chi connectivity index (χ1v) is 11.7. The smallest absolute Gasteiger partial charge is 0.154 e. The molecule has 1 fully saturated rings. The zero-order valence-corrected chi connectivity index (χ0v) is 17.4. The summed E-state index contributed by atoms with van der Waals surface area (Å²) in [7, 11) is -1.07. The zero-order chi connectivity index (χ0) is 19.3. The number of hydrogen-bond acceptors (Lipinski definition) is 4. The van der Waals surface area contributed by atoms with Gasteiger partial charge in [-0.1, -0.05) is 30.7 Å². The normalized spacial score (nSPS) is 17.9. The molecule has 1 saturated carbocycles. The first kappa shape index (κ1) is 18.4. The lowest BCUT2D eigenvalue weighted by atomic mass is 9.95. The van der Waals surface area contributed by atoms with E-state index < -0.39 is 15.1 Å². The molecule has 4 rings (SSSR count). The summed E-state index contributed by atoms with van der Waals surface area (Å²) in [6.45, 7) is 4.89. The lowest BCUT2D eigenvalue weighted by molar-refractivity contribution is 0.584. The predicted octanol–water partition coefficient (Wildman–Crippen LogP) is 4.74.